The third-order valence-electron chi connectivity index (χ3n) is 4.04. The molecule has 1 unspecified atom stereocenters. The van der Waals surface area contributed by atoms with Crippen molar-refractivity contribution in [3.05, 3.63) is 29.3 Å². The molecule has 1 amide bonds. The van der Waals surface area contributed by atoms with Crippen LogP contribution in [0.15, 0.2) is 18.2 Å². The Hall–Kier alpha value is -1.55. The van der Waals surface area contributed by atoms with E-state index in [0.717, 1.165) is 36.4 Å². The van der Waals surface area contributed by atoms with Gasteiger partial charge in [0.2, 0.25) is 0 Å². The molecule has 4 nitrogen and oxygen atoms in total. The van der Waals surface area contributed by atoms with Crippen molar-refractivity contribution < 1.29 is 4.79 Å². The lowest BCUT2D eigenvalue weighted by Crippen LogP contribution is -2.33. The highest BCUT2D eigenvalue weighted by Gasteiger charge is 2.24. The van der Waals surface area contributed by atoms with E-state index in [9.17, 15) is 4.79 Å². The summed E-state index contributed by atoms with van der Waals surface area (Å²) in [5.41, 5.74) is 2.78. The van der Waals surface area contributed by atoms with Crippen molar-refractivity contribution in [3.63, 3.8) is 0 Å². The Morgan fingerprint density at radius 3 is 2.85 bits per heavy atom. The van der Waals surface area contributed by atoms with Crippen LogP contribution in [0.5, 0.6) is 0 Å². The number of likely N-dealkylation sites (tertiary alicyclic amines) is 1. The molecule has 1 aromatic carbocycles. The van der Waals surface area contributed by atoms with Crippen LogP contribution in [0.4, 0.5) is 5.69 Å². The van der Waals surface area contributed by atoms with Gasteiger partial charge in [-0.15, -0.1) is 0 Å². The van der Waals surface area contributed by atoms with Crippen LogP contribution >= 0.6 is 0 Å². The smallest absolute Gasteiger partial charge is 0.255 e. The number of hydrogen-bond donors (Lipinski definition) is 1. The molecule has 0 bridgehead atoms. The van der Waals surface area contributed by atoms with E-state index in [-0.39, 0.29) is 5.91 Å². The summed E-state index contributed by atoms with van der Waals surface area (Å²) < 4.78 is 0. The predicted octanol–water partition coefficient (Wildman–Crippen LogP) is 2.06. The highest BCUT2D eigenvalue weighted by Crippen LogP contribution is 2.21. The molecule has 1 saturated heterocycles. The minimum absolute atomic E-state index is 0.104. The first-order valence-electron chi connectivity index (χ1n) is 7.23. The first-order chi connectivity index (χ1) is 9.51. The first kappa shape index (κ1) is 14.9. The summed E-state index contributed by atoms with van der Waals surface area (Å²) in [5.74, 6) is 0.699. The van der Waals surface area contributed by atoms with Crippen LogP contribution in [-0.4, -0.2) is 56.5 Å². The van der Waals surface area contributed by atoms with Gasteiger partial charge in [-0.05, 0) is 45.0 Å². The Balaban J connectivity index is 2.08. The number of amides is 1. The zero-order chi connectivity index (χ0) is 14.7. The van der Waals surface area contributed by atoms with Crippen molar-refractivity contribution in [2.24, 2.45) is 5.92 Å². The topological polar surface area (TPSA) is 35.6 Å². The Morgan fingerprint density at radius 2 is 2.25 bits per heavy atom. The average Bonchev–Trinajstić information content (AvgIpc) is 2.83. The third kappa shape index (κ3) is 3.31. The number of benzene rings is 1. The molecule has 0 aliphatic carbocycles. The summed E-state index contributed by atoms with van der Waals surface area (Å²) in [4.78, 5) is 16.8. The quantitative estimate of drug-likeness (QED) is 0.913. The molecule has 2 rings (SSSR count). The molecule has 0 saturated carbocycles. The fourth-order valence-corrected chi connectivity index (χ4v) is 2.90. The SMILES string of the molecule is CNc1ccc(C)cc1C(=O)N(C)CC1CCN(C)C1. The van der Waals surface area contributed by atoms with E-state index in [1.54, 1.807) is 0 Å². The lowest BCUT2D eigenvalue weighted by Gasteiger charge is -2.22. The van der Waals surface area contributed by atoms with E-state index in [4.69, 9.17) is 0 Å². The predicted molar refractivity (Wildman–Crippen MR) is 83.3 cm³/mol. The van der Waals surface area contributed by atoms with Crippen molar-refractivity contribution in [3.8, 4) is 0 Å². The van der Waals surface area contributed by atoms with Crippen LogP contribution in [0, 0.1) is 12.8 Å². The summed E-state index contributed by atoms with van der Waals surface area (Å²) in [5, 5.41) is 3.10. The molecule has 0 spiro atoms. The fourth-order valence-electron chi connectivity index (χ4n) is 2.90. The Kier molecular flexibility index (Phi) is 4.65. The van der Waals surface area contributed by atoms with Gasteiger partial charge in [0.05, 0.1) is 5.56 Å². The largest absolute Gasteiger partial charge is 0.387 e. The summed E-state index contributed by atoms with van der Waals surface area (Å²) in [6.45, 7) is 5.08. The molecule has 20 heavy (non-hydrogen) atoms. The second kappa shape index (κ2) is 6.27. The van der Waals surface area contributed by atoms with Gasteiger partial charge in [-0.25, -0.2) is 0 Å². The van der Waals surface area contributed by atoms with Crippen molar-refractivity contribution in [1.82, 2.24) is 9.80 Å². The number of nitrogens with zero attached hydrogens (tertiary/aromatic N) is 2. The molecule has 4 heteroatoms. The number of carbonyl (C=O) groups excluding carboxylic acids is 1. The van der Waals surface area contributed by atoms with E-state index in [1.807, 2.05) is 44.1 Å². The molecular weight excluding hydrogens is 250 g/mol. The van der Waals surface area contributed by atoms with Gasteiger partial charge in [-0.2, -0.15) is 0 Å². The minimum Gasteiger partial charge on any atom is -0.387 e. The molecular formula is C16H25N3O. The summed E-state index contributed by atoms with van der Waals surface area (Å²) in [6, 6.07) is 5.96. The van der Waals surface area contributed by atoms with Crippen LogP contribution in [0.2, 0.25) is 0 Å². The third-order valence-corrected chi connectivity index (χ3v) is 4.04. The van der Waals surface area contributed by atoms with Gasteiger partial charge in [-0.1, -0.05) is 11.6 Å². The number of hydrogen-bond acceptors (Lipinski definition) is 3. The Labute approximate surface area is 121 Å². The fraction of sp³-hybridized carbons (Fsp3) is 0.562. The first-order valence-corrected chi connectivity index (χ1v) is 7.23. The highest BCUT2D eigenvalue weighted by molar-refractivity contribution is 5.99. The van der Waals surface area contributed by atoms with Gasteiger partial charge in [0.25, 0.3) is 5.91 Å². The van der Waals surface area contributed by atoms with Crippen molar-refractivity contribution in [2.45, 2.75) is 13.3 Å². The molecule has 1 fully saturated rings. The lowest BCUT2D eigenvalue weighted by molar-refractivity contribution is 0.0775. The molecule has 1 aliphatic rings. The highest BCUT2D eigenvalue weighted by atomic mass is 16.2. The van der Waals surface area contributed by atoms with E-state index in [0.29, 0.717) is 5.92 Å². The van der Waals surface area contributed by atoms with Gasteiger partial charge in [0.15, 0.2) is 0 Å². The number of aryl methyl sites for hydroxylation is 1. The maximum atomic E-state index is 12.6. The standard InChI is InChI=1S/C16H25N3O/c1-12-5-6-15(17-2)14(9-12)16(20)19(4)11-13-7-8-18(3)10-13/h5-6,9,13,17H,7-8,10-11H2,1-4H3. The number of rotatable bonds is 4. The Bertz CT molecular complexity index is 487. The zero-order valence-electron chi connectivity index (χ0n) is 12.9. The van der Waals surface area contributed by atoms with Gasteiger partial charge in [-0.3, -0.25) is 4.79 Å². The van der Waals surface area contributed by atoms with E-state index < -0.39 is 0 Å². The average molecular weight is 275 g/mol. The summed E-state index contributed by atoms with van der Waals surface area (Å²) >= 11 is 0. The molecule has 1 N–H and O–H groups in total. The number of carbonyl (C=O) groups is 1. The van der Waals surface area contributed by atoms with Gasteiger partial charge in [0, 0.05) is 32.9 Å². The van der Waals surface area contributed by atoms with Crippen LogP contribution < -0.4 is 5.32 Å². The summed E-state index contributed by atoms with van der Waals surface area (Å²) in [7, 11) is 5.90. The van der Waals surface area contributed by atoms with Gasteiger partial charge < -0.3 is 15.1 Å². The van der Waals surface area contributed by atoms with Crippen molar-refractivity contribution >= 4 is 11.6 Å². The maximum absolute atomic E-state index is 12.6. The molecule has 110 valence electrons. The van der Waals surface area contributed by atoms with Crippen LogP contribution in [0.25, 0.3) is 0 Å². The van der Waals surface area contributed by atoms with Crippen molar-refractivity contribution in [1.29, 1.82) is 0 Å². The molecule has 1 atom stereocenters. The molecule has 1 aromatic rings. The van der Waals surface area contributed by atoms with E-state index in [2.05, 4.69) is 17.3 Å². The van der Waals surface area contributed by atoms with Gasteiger partial charge >= 0.3 is 0 Å². The second-order valence-electron chi connectivity index (χ2n) is 5.90. The lowest BCUT2D eigenvalue weighted by atomic mass is 10.1. The summed E-state index contributed by atoms with van der Waals surface area (Å²) in [6.07, 6.45) is 1.18. The molecule has 1 aliphatic heterocycles. The van der Waals surface area contributed by atoms with Crippen LogP contribution in [-0.2, 0) is 0 Å². The minimum atomic E-state index is 0.104. The van der Waals surface area contributed by atoms with Gasteiger partial charge in [0.1, 0.15) is 0 Å². The molecule has 0 radical (unpaired) electrons. The maximum Gasteiger partial charge on any atom is 0.255 e. The van der Waals surface area contributed by atoms with Crippen LogP contribution in [0.3, 0.4) is 0 Å². The second-order valence-corrected chi connectivity index (χ2v) is 5.90. The monoisotopic (exact) mass is 275 g/mol. The normalized spacial score (nSPS) is 19.1. The van der Waals surface area contributed by atoms with Crippen molar-refractivity contribution in [2.75, 3.05) is 46.1 Å². The van der Waals surface area contributed by atoms with E-state index in [1.165, 1.54) is 6.42 Å². The number of nitrogens with one attached hydrogen (secondary N) is 1. The Morgan fingerprint density at radius 1 is 1.50 bits per heavy atom. The van der Waals surface area contributed by atoms with Crippen LogP contribution in [0.1, 0.15) is 22.3 Å². The number of anilines is 1. The zero-order valence-corrected chi connectivity index (χ0v) is 12.9. The molecule has 1 heterocycles. The van der Waals surface area contributed by atoms with E-state index >= 15 is 0 Å². The molecule has 0 aromatic heterocycles.